The predicted octanol–water partition coefficient (Wildman–Crippen LogP) is 1.67. The largest absolute Gasteiger partial charge is 0.501 e. The smallest absolute Gasteiger partial charge is 0.373 e. The number of carbonyl (C=O) groups excluding carboxylic acids is 1. The minimum atomic E-state index is -5.47. The van der Waals surface area contributed by atoms with Crippen LogP contribution in [-0.4, -0.2) is 32.4 Å². The summed E-state index contributed by atoms with van der Waals surface area (Å²) >= 11 is 0. The maximum absolute atomic E-state index is 12.7. The van der Waals surface area contributed by atoms with E-state index in [1.807, 2.05) is 0 Å². The molecule has 1 atom stereocenters. The van der Waals surface area contributed by atoms with Crippen LogP contribution in [0.1, 0.15) is 12.8 Å². The van der Waals surface area contributed by atoms with Crippen molar-refractivity contribution in [1.29, 1.82) is 0 Å². The number of halogens is 3. The van der Waals surface area contributed by atoms with E-state index in [1.54, 1.807) is 0 Å². The van der Waals surface area contributed by atoms with Crippen molar-refractivity contribution in [2.75, 3.05) is 11.9 Å². The molecule has 1 saturated heterocycles. The Morgan fingerprint density at radius 1 is 1.24 bits per heavy atom. The summed E-state index contributed by atoms with van der Waals surface area (Å²) in [6, 6.07) is 3.93. The molecular formula is C12H13F3N2O3S. The summed E-state index contributed by atoms with van der Waals surface area (Å²) in [4.78, 5) is 10.7. The highest BCUT2D eigenvalue weighted by molar-refractivity contribution is 7.92. The van der Waals surface area contributed by atoms with Gasteiger partial charge in [-0.05, 0) is 25.0 Å². The molecule has 2 N–H and O–H groups in total. The number of nitrogens with one attached hydrogen (secondary N) is 2. The summed E-state index contributed by atoms with van der Waals surface area (Å²) in [5.41, 5.74) is -5.61. The molecule has 1 amide bonds. The Hall–Kier alpha value is -1.77. The van der Waals surface area contributed by atoms with Crippen molar-refractivity contribution in [3.63, 3.8) is 0 Å². The van der Waals surface area contributed by atoms with Crippen molar-refractivity contribution in [3.8, 4) is 0 Å². The molecule has 1 aromatic rings. The molecule has 1 aliphatic rings. The number of hydrogen-bond acceptors (Lipinski definition) is 4. The number of sulfone groups is 1. The SMILES string of the molecule is O=C1NCCCC1Nc1ccccc1S(=O)(=O)C(F)(F)F. The molecule has 0 saturated carbocycles. The number of carbonyl (C=O) groups is 1. The molecule has 1 unspecified atom stereocenters. The first-order chi connectivity index (χ1) is 9.73. The molecule has 1 aliphatic heterocycles. The molecule has 0 aliphatic carbocycles. The van der Waals surface area contributed by atoms with Crippen LogP contribution < -0.4 is 10.6 Å². The lowest BCUT2D eigenvalue weighted by molar-refractivity contribution is -0.123. The van der Waals surface area contributed by atoms with Gasteiger partial charge in [0.15, 0.2) is 0 Å². The van der Waals surface area contributed by atoms with Gasteiger partial charge in [-0.1, -0.05) is 12.1 Å². The highest BCUT2D eigenvalue weighted by Crippen LogP contribution is 2.34. The number of alkyl halides is 3. The number of piperidine rings is 1. The van der Waals surface area contributed by atoms with Gasteiger partial charge in [-0.3, -0.25) is 4.79 Å². The number of hydrogen-bond donors (Lipinski definition) is 2. The van der Waals surface area contributed by atoms with Crippen LogP contribution in [0.2, 0.25) is 0 Å². The second-order valence-electron chi connectivity index (χ2n) is 4.58. The van der Waals surface area contributed by atoms with Gasteiger partial charge in [0, 0.05) is 6.54 Å². The number of amides is 1. The lowest BCUT2D eigenvalue weighted by Crippen LogP contribution is -2.44. The normalized spacial score (nSPS) is 20.0. The number of benzene rings is 1. The van der Waals surface area contributed by atoms with Gasteiger partial charge in [-0.2, -0.15) is 13.2 Å². The van der Waals surface area contributed by atoms with E-state index < -0.39 is 26.3 Å². The third-order valence-electron chi connectivity index (χ3n) is 3.10. The van der Waals surface area contributed by atoms with Gasteiger partial charge >= 0.3 is 5.51 Å². The molecule has 0 spiro atoms. The number of anilines is 1. The average Bonchev–Trinajstić information content (AvgIpc) is 2.40. The standard InChI is InChI=1S/C12H13F3N2O3S/c13-12(14,15)21(19,20)10-6-2-1-4-8(10)17-9-5-3-7-16-11(9)18/h1-2,4,6,9,17H,3,5,7H2,(H,16,18). The van der Waals surface area contributed by atoms with Crippen LogP contribution in [0.25, 0.3) is 0 Å². The van der Waals surface area contributed by atoms with Crippen LogP contribution in [-0.2, 0) is 14.6 Å². The highest BCUT2D eigenvalue weighted by atomic mass is 32.2. The Labute approximate surface area is 119 Å². The van der Waals surface area contributed by atoms with E-state index in [2.05, 4.69) is 10.6 Å². The number of para-hydroxylation sites is 1. The van der Waals surface area contributed by atoms with Crippen molar-refractivity contribution in [2.45, 2.75) is 29.3 Å². The van der Waals surface area contributed by atoms with Crippen molar-refractivity contribution in [2.24, 2.45) is 0 Å². The van der Waals surface area contributed by atoms with Crippen LogP contribution >= 0.6 is 0 Å². The molecule has 0 bridgehead atoms. The Morgan fingerprint density at radius 2 is 1.90 bits per heavy atom. The minimum absolute atomic E-state index is 0.225. The maximum Gasteiger partial charge on any atom is 0.501 e. The predicted molar refractivity (Wildman–Crippen MR) is 69.3 cm³/mol. The van der Waals surface area contributed by atoms with Crippen molar-refractivity contribution < 1.29 is 26.4 Å². The van der Waals surface area contributed by atoms with E-state index in [9.17, 15) is 26.4 Å². The van der Waals surface area contributed by atoms with Crippen LogP contribution in [0, 0.1) is 0 Å². The number of rotatable bonds is 3. The van der Waals surface area contributed by atoms with Gasteiger partial charge in [-0.25, -0.2) is 8.42 Å². The molecule has 1 fully saturated rings. The van der Waals surface area contributed by atoms with Crippen LogP contribution in [0.15, 0.2) is 29.2 Å². The van der Waals surface area contributed by atoms with Gasteiger partial charge in [0.1, 0.15) is 6.04 Å². The molecule has 1 aromatic carbocycles. The highest BCUT2D eigenvalue weighted by Gasteiger charge is 2.48. The lowest BCUT2D eigenvalue weighted by Gasteiger charge is -2.25. The molecular weight excluding hydrogens is 309 g/mol. The monoisotopic (exact) mass is 322 g/mol. The second-order valence-corrected chi connectivity index (χ2v) is 6.49. The molecule has 0 aromatic heterocycles. The fourth-order valence-corrected chi connectivity index (χ4v) is 2.97. The quantitative estimate of drug-likeness (QED) is 0.888. The molecule has 21 heavy (non-hydrogen) atoms. The fraction of sp³-hybridized carbons (Fsp3) is 0.417. The first-order valence-corrected chi connectivity index (χ1v) is 7.66. The van der Waals surface area contributed by atoms with Crippen molar-refractivity contribution in [3.05, 3.63) is 24.3 Å². The molecule has 2 rings (SSSR count). The maximum atomic E-state index is 12.7. The zero-order chi connectivity index (χ0) is 15.7. The van der Waals surface area contributed by atoms with Gasteiger partial charge in [0.05, 0.1) is 10.6 Å². The summed E-state index contributed by atoms with van der Waals surface area (Å²) in [6.07, 6.45) is 1.09. The van der Waals surface area contributed by atoms with E-state index in [1.165, 1.54) is 18.2 Å². The Bertz CT molecular complexity index is 643. The Balaban J connectivity index is 2.36. The van der Waals surface area contributed by atoms with E-state index in [0.717, 1.165) is 6.07 Å². The van der Waals surface area contributed by atoms with Crippen LogP contribution in [0.3, 0.4) is 0 Å². The van der Waals surface area contributed by atoms with Crippen LogP contribution in [0.5, 0.6) is 0 Å². The summed E-state index contributed by atoms with van der Waals surface area (Å²) in [7, 11) is -5.47. The van der Waals surface area contributed by atoms with Crippen molar-refractivity contribution in [1.82, 2.24) is 5.32 Å². The minimum Gasteiger partial charge on any atom is -0.373 e. The second kappa shape index (κ2) is 5.55. The molecule has 5 nitrogen and oxygen atoms in total. The third kappa shape index (κ3) is 3.12. The molecule has 116 valence electrons. The topological polar surface area (TPSA) is 75.3 Å². The van der Waals surface area contributed by atoms with Gasteiger partial charge in [0.2, 0.25) is 5.91 Å². The van der Waals surface area contributed by atoms with E-state index in [4.69, 9.17) is 0 Å². The van der Waals surface area contributed by atoms with E-state index >= 15 is 0 Å². The first kappa shape index (κ1) is 15.6. The molecule has 9 heteroatoms. The third-order valence-corrected chi connectivity index (χ3v) is 4.64. The van der Waals surface area contributed by atoms with Gasteiger partial charge < -0.3 is 10.6 Å². The zero-order valence-corrected chi connectivity index (χ0v) is 11.6. The van der Waals surface area contributed by atoms with Crippen LogP contribution in [0.4, 0.5) is 18.9 Å². The first-order valence-electron chi connectivity index (χ1n) is 6.18. The fourth-order valence-electron chi connectivity index (χ4n) is 2.04. The Kier molecular flexibility index (Phi) is 4.13. The van der Waals surface area contributed by atoms with Gasteiger partial charge in [-0.15, -0.1) is 0 Å². The van der Waals surface area contributed by atoms with E-state index in [0.29, 0.717) is 19.4 Å². The van der Waals surface area contributed by atoms with Gasteiger partial charge in [0.25, 0.3) is 9.84 Å². The van der Waals surface area contributed by atoms with Crippen molar-refractivity contribution >= 4 is 21.4 Å². The zero-order valence-electron chi connectivity index (χ0n) is 10.8. The molecule has 1 heterocycles. The van der Waals surface area contributed by atoms with E-state index in [-0.39, 0.29) is 11.6 Å². The Morgan fingerprint density at radius 3 is 2.52 bits per heavy atom. The summed E-state index contributed by atoms with van der Waals surface area (Å²) < 4.78 is 61.0. The summed E-state index contributed by atoms with van der Waals surface area (Å²) in [6.45, 7) is 0.500. The summed E-state index contributed by atoms with van der Waals surface area (Å²) in [5, 5.41) is 5.15. The lowest BCUT2D eigenvalue weighted by atomic mass is 10.1. The summed E-state index contributed by atoms with van der Waals surface area (Å²) in [5.74, 6) is -0.361. The molecule has 0 radical (unpaired) electrons. The average molecular weight is 322 g/mol.